The van der Waals surface area contributed by atoms with Crippen LogP contribution in [0.25, 0.3) is 0 Å². The third-order valence-corrected chi connectivity index (χ3v) is 3.77. The van der Waals surface area contributed by atoms with Gasteiger partial charge in [0.05, 0.1) is 5.25 Å². The van der Waals surface area contributed by atoms with Gasteiger partial charge in [0.25, 0.3) is 0 Å². The Morgan fingerprint density at radius 3 is 2.93 bits per heavy atom. The van der Waals surface area contributed by atoms with Crippen LogP contribution in [0.2, 0.25) is 5.02 Å². The Hall–Kier alpha value is -0.730. The molecule has 0 unspecified atom stereocenters. The zero-order valence-electron chi connectivity index (χ0n) is 7.44. The molecule has 14 heavy (non-hydrogen) atoms. The van der Waals surface area contributed by atoms with Crippen molar-refractivity contribution < 1.29 is 4.79 Å². The second-order valence-corrected chi connectivity index (χ2v) is 4.60. The summed E-state index contributed by atoms with van der Waals surface area (Å²) in [6.07, 6.45) is 2.89. The van der Waals surface area contributed by atoms with Gasteiger partial charge in [0, 0.05) is 16.3 Å². The van der Waals surface area contributed by atoms with Crippen LogP contribution in [-0.2, 0) is 4.79 Å². The van der Waals surface area contributed by atoms with Gasteiger partial charge < -0.3 is 0 Å². The minimum absolute atomic E-state index is 0.126. The highest BCUT2D eigenvalue weighted by Gasteiger charge is 2.22. The molecule has 1 aromatic carbocycles. The summed E-state index contributed by atoms with van der Waals surface area (Å²) in [5.74, 6) is 0.893. The van der Waals surface area contributed by atoms with Crippen molar-refractivity contribution in [2.45, 2.75) is 5.25 Å². The Morgan fingerprint density at radius 2 is 2.21 bits per heavy atom. The Morgan fingerprint density at radius 1 is 1.43 bits per heavy atom. The first-order valence-electron chi connectivity index (χ1n) is 4.34. The molecule has 0 radical (unpaired) electrons. The smallest absolute Gasteiger partial charge is 0.147 e. The van der Waals surface area contributed by atoms with E-state index in [1.54, 1.807) is 11.8 Å². The van der Waals surface area contributed by atoms with Crippen molar-refractivity contribution >= 4 is 29.6 Å². The van der Waals surface area contributed by atoms with E-state index in [0.29, 0.717) is 0 Å². The van der Waals surface area contributed by atoms with E-state index in [1.165, 1.54) is 0 Å². The molecule has 0 spiro atoms. The molecule has 1 nitrogen and oxygen atoms in total. The molecule has 1 heterocycles. The summed E-state index contributed by atoms with van der Waals surface area (Å²) in [4.78, 5) is 10.8. The zero-order valence-corrected chi connectivity index (χ0v) is 9.02. The maximum atomic E-state index is 10.8. The van der Waals surface area contributed by atoms with Crippen LogP contribution in [0.5, 0.6) is 0 Å². The van der Waals surface area contributed by atoms with Crippen molar-refractivity contribution in [2.75, 3.05) is 5.75 Å². The van der Waals surface area contributed by atoms with Crippen molar-refractivity contribution in [3.63, 3.8) is 0 Å². The van der Waals surface area contributed by atoms with Crippen molar-refractivity contribution in [1.82, 2.24) is 0 Å². The fourth-order valence-corrected chi connectivity index (χ4v) is 3.03. The number of carbonyl (C=O) groups excluding carboxylic acids is 1. The van der Waals surface area contributed by atoms with Crippen LogP contribution < -0.4 is 0 Å². The number of carbonyl (C=O) groups is 1. The number of halogens is 1. The molecule has 0 N–H and O–H groups in total. The van der Waals surface area contributed by atoms with Crippen LogP contribution in [-0.4, -0.2) is 12.0 Å². The minimum Gasteiger partial charge on any atom is -0.298 e. The number of thioether (sulfide) groups is 1. The predicted molar refractivity (Wildman–Crippen MR) is 60.8 cm³/mol. The lowest BCUT2D eigenvalue weighted by atomic mass is 10.1. The van der Waals surface area contributed by atoms with E-state index in [1.807, 2.05) is 30.3 Å². The van der Waals surface area contributed by atoms with Crippen molar-refractivity contribution in [3.8, 4) is 0 Å². The molecule has 3 heteroatoms. The molecular weight excluding hydrogens is 216 g/mol. The van der Waals surface area contributed by atoms with Crippen LogP contribution in [0.4, 0.5) is 0 Å². The van der Waals surface area contributed by atoms with Crippen molar-refractivity contribution in [1.29, 1.82) is 0 Å². The molecule has 2 rings (SSSR count). The van der Waals surface area contributed by atoms with E-state index < -0.39 is 0 Å². The Kier molecular flexibility index (Phi) is 2.94. The largest absolute Gasteiger partial charge is 0.298 e. The van der Waals surface area contributed by atoms with Gasteiger partial charge in [-0.3, -0.25) is 4.79 Å². The van der Waals surface area contributed by atoms with Crippen LogP contribution in [0.1, 0.15) is 10.8 Å². The molecule has 0 fully saturated rings. The van der Waals surface area contributed by atoms with Gasteiger partial charge in [-0.15, -0.1) is 11.8 Å². The lowest BCUT2D eigenvalue weighted by Crippen LogP contribution is -1.96. The first kappa shape index (κ1) is 9.81. The minimum atomic E-state index is 0.126. The molecule has 0 saturated heterocycles. The second-order valence-electron chi connectivity index (χ2n) is 3.06. The maximum Gasteiger partial charge on any atom is 0.147 e. The normalized spacial score (nSPS) is 20.6. The topological polar surface area (TPSA) is 17.1 Å². The monoisotopic (exact) mass is 224 g/mol. The van der Waals surface area contributed by atoms with E-state index >= 15 is 0 Å². The van der Waals surface area contributed by atoms with Crippen LogP contribution in [0, 0.1) is 0 Å². The summed E-state index contributed by atoms with van der Waals surface area (Å²) in [7, 11) is 0. The zero-order chi connectivity index (χ0) is 9.97. The fraction of sp³-hybridized carbons (Fsp3) is 0.182. The first-order chi connectivity index (χ1) is 6.83. The van der Waals surface area contributed by atoms with Gasteiger partial charge in [-0.05, 0) is 11.6 Å². The highest BCUT2D eigenvalue weighted by Crippen LogP contribution is 2.42. The highest BCUT2D eigenvalue weighted by atomic mass is 35.5. The molecule has 0 amide bonds. The number of aldehydes is 1. The number of benzene rings is 1. The highest BCUT2D eigenvalue weighted by molar-refractivity contribution is 8.00. The average molecular weight is 225 g/mol. The van der Waals surface area contributed by atoms with Crippen LogP contribution in [0.15, 0.2) is 35.9 Å². The summed E-state index contributed by atoms with van der Waals surface area (Å²) in [5, 5.41) is 0.862. The molecule has 1 aromatic rings. The molecule has 0 saturated carbocycles. The number of rotatable bonds is 2. The maximum absolute atomic E-state index is 10.8. The van der Waals surface area contributed by atoms with Gasteiger partial charge in [0.15, 0.2) is 0 Å². The van der Waals surface area contributed by atoms with E-state index in [-0.39, 0.29) is 5.25 Å². The molecule has 0 bridgehead atoms. The van der Waals surface area contributed by atoms with E-state index in [9.17, 15) is 4.79 Å². The van der Waals surface area contributed by atoms with Gasteiger partial charge in [0.2, 0.25) is 0 Å². The Balaban J connectivity index is 2.36. The molecule has 1 atom stereocenters. The van der Waals surface area contributed by atoms with Gasteiger partial charge in [-0.2, -0.15) is 0 Å². The lowest BCUT2D eigenvalue weighted by molar-refractivity contribution is -0.105. The lowest BCUT2D eigenvalue weighted by Gasteiger charge is -2.12. The molecule has 0 aliphatic carbocycles. The standard InChI is InChI=1S/C11H9ClOS/c12-10-4-2-1-3-9(10)11-8(7-13)5-6-14-11/h1-5,7,11H,6H2/t11-/m0/s1. The van der Waals surface area contributed by atoms with Crippen molar-refractivity contribution in [2.24, 2.45) is 0 Å². The second kappa shape index (κ2) is 4.20. The summed E-state index contributed by atoms with van der Waals surface area (Å²) in [6, 6.07) is 7.68. The predicted octanol–water partition coefficient (Wildman–Crippen LogP) is 3.25. The molecule has 72 valence electrons. The summed E-state index contributed by atoms with van der Waals surface area (Å²) in [6.45, 7) is 0. The number of hydrogen-bond acceptors (Lipinski definition) is 2. The average Bonchev–Trinajstić information content (AvgIpc) is 2.66. The number of hydrogen-bond donors (Lipinski definition) is 0. The van der Waals surface area contributed by atoms with Crippen molar-refractivity contribution in [3.05, 3.63) is 46.5 Å². The summed E-state index contributed by atoms with van der Waals surface area (Å²) >= 11 is 7.80. The summed E-state index contributed by atoms with van der Waals surface area (Å²) in [5.41, 5.74) is 1.87. The molecular formula is C11H9ClOS. The Labute approximate surface area is 92.1 Å². The fourth-order valence-electron chi connectivity index (χ4n) is 1.51. The van der Waals surface area contributed by atoms with Crippen LogP contribution >= 0.6 is 23.4 Å². The first-order valence-corrected chi connectivity index (χ1v) is 5.77. The van der Waals surface area contributed by atoms with E-state index in [4.69, 9.17) is 11.6 Å². The van der Waals surface area contributed by atoms with Gasteiger partial charge in [-0.1, -0.05) is 35.9 Å². The molecule has 0 aromatic heterocycles. The van der Waals surface area contributed by atoms with Gasteiger partial charge >= 0.3 is 0 Å². The Bertz CT molecular complexity index is 387. The van der Waals surface area contributed by atoms with Gasteiger partial charge in [0.1, 0.15) is 6.29 Å². The summed E-state index contributed by atoms with van der Waals surface area (Å²) < 4.78 is 0. The van der Waals surface area contributed by atoms with Gasteiger partial charge in [-0.25, -0.2) is 0 Å². The molecule has 1 aliphatic rings. The molecule has 1 aliphatic heterocycles. The third-order valence-electron chi connectivity index (χ3n) is 2.21. The third kappa shape index (κ3) is 1.72. The van der Waals surface area contributed by atoms with Crippen LogP contribution in [0.3, 0.4) is 0 Å². The quantitative estimate of drug-likeness (QED) is 0.718. The SMILES string of the molecule is O=CC1=CCS[C@@H]1c1ccccc1Cl. The van der Waals surface area contributed by atoms with E-state index in [0.717, 1.165) is 28.2 Å². The van der Waals surface area contributed by atoms with E-state index in [2.05, 4.69) is 0 Å².